The number of aromatic carboxylic acids is 1. The molecule has 0 radical (unpaired) electrons. The molecule has 2 aromatic rings. The van der Waals surface area contributed by atoms with Crippen molar-refractivity contribution in [3.05, 3.63) is 64.7 Å². The summed E-state index contributed by atoms with van der Waals surface area (Å²) in [6, 6.07) is 13.1. The van der Waals surface area contributed by atoms with Gasteiger partial charge in [-0.15, -0.1) is 0 Å². The van der Waals surface area contributed by atoms with Gasteiger partial charge in [0.1, 0.15) is 12.4 Å². The van der Waals surface area contributed by atoms with Crippen LogP contribution in [-0.4, -0.2) is 11.1 Å². The van der Waals surface area contributed by atoms with Gasteiger partial charge in [0.25, 0.3) is 0 Å². The van der Waals surface area contributed by atoms with E-state index in [0.29, 0.717) is 5.56 Å². The minimum Gasteiger partial charge on any atom is -0.489 e. The van der Waals surface area contributed by atoms with E-state index in [4.69, 9.17) is 9.84 Å². The van der Waals surface area contributed by atoms with Gasteiger partial charge in [0.15, 0.2) is 0 Å². The van der Waals surface area contributed by atoms with Gasteiger partial charge < -0.3 is 9.84 Å². The Bertz CT molecular complexity index is 603. The Morgan fingerprint density at radius 1 is 1.11 bits per heavy atom. The van der Waals surface area contributed by atoms with Crippen LogP contribution in [0.2, 0.25) is 0 Å². The minimum atomic E-state index is -0.863. The molecule has 0 unspecified atom stereocenters. The van der Waals surface area contributed by atoms with Gasteiger partial charge in [0, 0.05) is 0 Å². The standard InChI is InChI=1S/C8H8O2.C8H8O/c1-6-4-2-3-5-7(6)8(9)10;1-6-4-8-3-2-7(6)5-9-8/h2-5H,1H3,(H,9,10);2-4H,5H2,1H3. The Hall–Kier alpha value is -2.29. The number of benzene rings is 2. The van der Waals surface area contributed by atoms with Gasteiger partial charge in [-0.2, -0.15) is 0 Å². The van der Waals surface area contributed by atoms with Crippen molar-refractivity contribution < 1.29 is 14.6 Å². The van der Waals surface area contributed by atoms with E-state index < -0.39 is 5.97 Å². The molecular formula is C16H16O3. The molecule has 4 rings (SSSR count). The molecule has 2 bridgehead atoms. The fourth-order valence-corrected chi connectivity index (χ4v) is 1.89. The number of rotatable bonds is 1. The molecule has 0 atom stereocenters. The van der Waals surface area contributed by atoms with Crippen molar-refractivity contribution in [1.82, 2.24) is 0 Å². The average molecular weight is 256 g/mol. The molecule has 0 spiro atoms. The van der Waals surface area contributed by atoms with E-state index in [1.165, 1.54) is 11.1 Å². The van der Waals surface area contributed by atoms with Crippen molar-refractivity contribution in [2.45, 2.75) is 20.5 Å². The van der Waals surface area contributed by atoms with Gasteiger partial charge in [0.2, 0.25) is 0 Å². The van der Waals surface area contributed by atoms with Gasteiger partial charge in [-0.05, 0) is 48.7 Å². The van der Waals surface area contributed by atoms with Gasteiger partial charge >= 0.3 is 5.97 Å². The third-order valence-electron chi connectivity index (χ3n) is 3.08. The highest BCUT2D eigenvalue weighted by molar-refractivity contribution is 5.89. The summed E-state index contributed by atoms with van der Waals surface area (Å²) >= 11 is 0. The Morgan fingerprint density at radius 2 is 1.84 bits per heavy atom. The molecule has 2 aromatic carbocycles. The van der Waals surface area contributed by atoms with Crippen LogP contribution in [0.3, 0.4) is 0 Å². The summed E-state index contributed by atoms with van der Waals surface area (Å²) in [6.45, 7) is 4.67. The lowest BCUT2D eigenvalue weighted by Crippen LogP contribution is -2.03. The van der Waals surface area contributed by atoms with Crippen molar-refractivity contribution >= 4 is 5.97 Å². The first kappa shape index (κ1) is 13.1. The Kier molecular flexibility index (Phi) is 3.85. The molecule has 0 fully saturated rings. The normalized spacial score (nSPS) is 11.3. The number of hydrogen-bond acceptors (Lipinski definition) is 2. The van der Waals surface area contributed by atoms with E-state index in [0.717, 1.165) is 17.9 Å². The highest BCUT2D eigenvalue weighted by Gasteiger charge is 2.07. The number of carbonyl (C=O) groups is 1. The maximum Gasteiger partial charge on any atom is 0.335 e. The molecule has 1 N–H and O–H groups in total. The maximum atomic E-state index is 10.4. The zero-order chi connectivity index (χ0) is 13.8. The van der Waals surface area contributed by atoms with Crippen LogP contribution in [0, 0.1) is 13.8 Å². The Morgan fingerprint density at radius 3 is 2.16 bits per heavy atom. The van der Waals surface area contributed by atoms with Crippen LogP contribution in [-0.2, 0) is 6.61 Å². The molecule has 2 aliphatic rings. The third-order valence-corrected chi connectivity index (χ3v) is 3.08. The van der Waals surface area contributed by atoms with E-state index in [2.05, 4.69) is 19.1 Å². The van der Waals surface area contributed by atoms with Crippen molar-refractivity contribution in [3.8, 4) is 5.75 Å². The number of fused-ring (bicyclic) bond motifs is 3. The number of hydrogen-bond donors (Lipinski definition) is 1. The van der Waals surface area contributed by atoms with Gasteiger partial charge in [-0.3, -0.25) is 0 Å². The number of carboxylic acid groups (broad SMARTS) is 1. The smallest absolute Gasteiger partial charge is 0.335 e. The van der Waals surface area contributed by atoms with Crippen molar-refractivity contribution in [3.63, 3.8) is 0 Å². The van der Waals surface area contributed by atoms with Crippen molar-refractivity contribution in [1.29, 1.82) is 0 Å². The van der Waals surface area contributed by atoms with Crippen LogP contribution in [0.1, 0.15) is 27.0 Å². The second kappa shape index (κ2) is 5.57. The average Bonchev–Trinajstić information content (AvgIpc) is 2.41. The molecule has 0 amide bonds. The van der Waals surface area contributed by atoms with E-state index >= 15 is 0 Å². The van der Waals surface area contributed by atoms with Crippen LogP contribution >= 0.6 is 0 Å². The van der Waals surface area contributed by atoms with E-state index in [-0.39, 0.29) is 0 Å². The second-order valence-electron chi connectivity index (χ2n) is 4.50. The van der Waals surface area contributed by atoms with E-state index in [9.17, 15) is 4.79 Å². The molecule has 3 heteroatoms. The lowest BCUT2D eigenvalue weighted by molar-refractivity contribution is 0.0696. The molecule has 98 valence electrons. The summed E-state index contributed by atoms with van der Waals surface area (Å²) in [4.78, 5) is 10.4. The topological polar surface area (TPSA) is 46.5 Å². The second-order valence-corrected chi connectivity index (χ2v) is 4.50. The molecular weight excluding hydrogens is 240 g/mol. The Labute approximate surface area is 112 Å². The lowest BCUT2D eigenvalue weighted by atomic mass is 10.1. The summed E-state index contributed by atoms with van der Waals surface area (Å²) in [5, 5.41) is 8.57. The quantitative estimate of drug-likeness (QED) is 0.848. The molecule has 3 nitrogen and oxygen atoms in total. The zero-order valence-electron chi connectivity index (χ0n) is 11.0. The molecule has 2 aliphatic heterocycles. The third kappa shape index (κ3) is 3.13. The van der Waals surface area contributed by atoms with Crippen molar-refractivity contribution in [2.75, 3.05) is 0 Å². The SMILES string of the molecule is Cc1cc2ccc1CO2.Cc1ccccc1C(=O)O. The summed E-state index contributed by atoms with van der Waals surface area (Å²) in [5.74, 6) is 0.139. The van der Waals surface area contributed by atoms with Gasteiger partial charge in [0.05, 0.1) is 5.56 Å². The largest absolute Gasteiger partial charge is 0.489 e. The fourth-order valence-electron chi connectivity index (χ4n) is 1.89. The molecule has 2 heterocycles. The molecule has 0 saturated carbocycles. The maximum absolute atomic E-state index is 10.4. The molecule has 0 aromatic heterocycles. The summed E-state index contributed by atoms with van der Waals surface area (Å²) < 4.78 is 5.26. The number of carboxylic acids is 1. The first-order valence-corrected chi connectivity index (χ1v) is 6.09. The van der Waals surface area contributed by atoms with Gasteiger partial charge in [-0.25, -0.2) is 4.79 Å². The van der Waals surface area contributed by atoms with Crippen LogP contribution in [0.4, 0.5) is 0 Å². The molecule has 19 heavy (non-hydrogen) atoms. The molecule has 0 aliphatic carbocycles. The minimum absolute atomic E-state index is 0.377. The lowest BCUT2D eigenvalue weighted by Gasteiger charge is -2.15. The predicted octanol–water partition coefficient (Wildman–Crippen LogP) is 3.58. The summed E-state index contributed by atoms with van der Waals surface area (Å²) in [7, 11) is 0. The number of aryl methyl sites for hydroxylation is 2. The number of ether oxygens (including phenoxy) is 1. The monoisotopic (exact) mass is 256 g/mol. The predicted molar refractivity (Wildman–Crippen MR) is 73.6 cm³/mol. The van der Waals surface area contributed by atoms with Crippen LogP contribution in [0.15, 0.2) is 42.5 Å². The van der Waals surface area contributed by atoms with Crippen LogP contribution < -0.4 is 4.74 Å². The molecule has 0 saturated heterocycles. The van der Waals surface area contributed by atoms with Crippen molar-refractivity contribution in [2.24, 2.45) is 0 Å². The highest BCUT2D eigenvalue weighted by atomic mass is 16.5. The Balaban J connectivity index is 0.000000141. The summed E-state index contributed by atoms with van der Waals surface area (Å²) in [5.41, 5.74) is 3.83. The van der Waals surface area contributed by atoms with Crippen LogP contribution in [0.5, 0.6) is 5.75 Å². The van der Waals surface area contributed by atoms with Crippen LogP contribution in [0.25, 0.3) is 0 Å². The van der Waals surface area contributed by atoms with Gasteiger partial charge in [-0.1, -0.05) is 24.3 Å². The first-order valence-electron chi connectivity index (χ1n) is 6.09. The highest BCUT2D eigenvalue weighted by Crippen LogP contribution is 2.23. The van der Waals surface area contributed by atoms with E-state index in [1.807, 2.05) is 12.1 Å². The first-order chi connectivity index (χ1) is 9.08. The summed E-state index contributed by atoms with van der Waals surface area (Å²) in [6.07, 6.45) is 0. The fraction of sp³-hybridized carbons (Fsp3) is 0.188. The zero-order valence-corrected chi connectivity index (χ0v) is 11.0. The van der Waals surface area contributed by atoms with E-state index in [1.54, 1.807) is 25.1 Å².